The third-order valence-corrected chi connectivity index (χ3v) is 4.89. The van der Waals surface area contributed by atoms with E-state index in [9.17, 15) is 4.79 Å². The first-order valence-corrected chi connectivity index (χ1v) is 8.10. The first-order valence-electron chi connectivity index (χ1n) is 8.10. The molecule has 1 aliphatic rings. The highest BCUT2D eigenvalue weighted by Crippen LogP contribution is 2.36. The number of hydrogen-bond acceptors (Lipinski definition) is 3. The summed E-state index contributed by atoms with van der Waals surface area (Å²) < 4.78 is 1.98. The Balaban J connectivity index is 1.80. The Morgan fingerprint density at radius 2 is 2.00 bits per heavy atom. The van der Waals surface area contributed by atoms with Crippen molar-refractivity contribution in [1.82, 2.24) is 14.7 Å². The van der Waals surface area contributed by atoms with Gasteiger partial charge in [0.2, 0.25) is 5.91 Å². The minimum absolute atomic E-state index is 0.378. The number of aromatic nitrogens is 2. The molecule has 0 radical (unpaired) electrons. The fraction of sp³-hybridized carbons (Fsp3) is 0.444. The topological polar surface area (TPSA) is 64.2 Å². The maximum atomic E-state index is 11.2. The van der Waals surface area contributed by atoms with E-state index in [1.54, 1.807) is 0 Å². The number of primary amides is 1. The van der Waals surface area contributed by atoms with Crippen LogP contribution in [0.25, 0.3) is 0 Å². The molecule has 1 fully saturated rings. The molecule has 1 aliphatic heterocycles. The van der Waals surface area contributed by atoms with E-state index in [1.165, 1.54) is 29.7 Å². The second-order valence-electron chi connectivity index (χ2n) is 6.40. The van der Waals surface area contributed by atoms with Crippen LogP contribution in [0.3, 0.4) is 0 Å². The Bertz CT molecular complexity index is 717. The summed E-state index contributed by atoms with van der Waals surface area (Å²) in [6, 6.07) is 8.04. The van der Waals surface area contributed by atoms with Gasteiger partial charge in [-0.2, -0.15) is 5.10 Å². The van der Waals surface area contributed by atoms with Crippen molar-refractivity contribution in [2.24, 2.45) is 12.8 Å². The van der Waals surface area contributed by atoms with Gasteiger partial charge in [0, 0.05) is 36.5 Å². The molecule has 1 aromatic heterocycles. The number of nitrogens with two attached hydrogens (primary N) is 1. The molecule has 5 heteroatoms. The van der Waals surface area contributed by atoms with Gasteiger partial charge in [-0.25, -0.2) is 0 Å². The molecule has 2 heterocycles. The lowest BCUT2D eigenvalue weighted by Crippen LogP contribution is -2.23. The van der Waals surface area contributed by atoms with E-state index in [1.807, 2.05) is 36.0 Å². The largest absolute Gasteiger partial charge is 0.366 e. The number of benzene rings is 1. The van der Waals surface area contributed by atoms with Gasteiger partial charge in [-0.05, 0) is 50.9 Å². The highest BCUT2D eigenvalue weighted by molar-refractivity contribution is 5.92. The molecule has 3 rings (SSSR count). The van der Waals surface area contributed by atoms with Gasteiger partial charge in [0.05, 0.1) is 5.69 Å². The lowest BCUT2D eigenvalue weighted by molar-refractivity contribution is 0.100. The van der Waals surface area contributed by atoms with Gasteiger partial charge in [0.1, 0.15) is 0 Å². The number of carbonyl (C=O) groups is 1. The Kier molecular flexibility index (Phi) is 4.22. The quantitative estimate of drug-likeness (QED) is 0.943. The average molecular weight is 312 g/mol. The number of carbonyl (C=O) groups excluding carboxylic acids is 1. The summed E-state index contributed by atoms with van der Waals surface area (Å²) in [4.78, 5) is 13.7. The molecule has 1 saturated heterocycles. The second-order valence-corrected chi connectivity index (χ2v) is 6.40. The molecule has 2 aromatic rings. The lowest BCUT2D eigenvalue weighted by atomic mass is 10.0. The number of rotatable bonds is 4. The molecule has 0 bridgehead atoms. The Morgan fingerprint density at radius 1 is 1.30 bits per heavy atom. The van der Waals surface area contributed by atoms with Crippen LogP contribution in [0.2, 0.25) is 0 Å². The van der Waals surface area contributed by atoms with E-state index < -0.39 is 0 Å². The zero-order valence-electron chi connectivity index (χ0n) is 14.0. The van der Waals surface area contributed by atoms with Crippen molar-refractivity contribution in [3.05, 3.63) is 52.3 Å². The van der Waals surface area contributed by atoms with E-state index in [4.69, 9.17) is 5.73 Å². The summed E-state index contributed by atoms with van der Waals surface area (Å²) in [5, 5.41) is 4.57. The number of nitrogens with zero attached hydrogens (tertiary/aromatic N) is 3. The van der Waals surface area contributed by atoms with Crippen LogP contribution in [0.5, 0.6) is 0 Å². The molecule has 5 nitrogen and oxygen atoms in total. The Hall–Kier alpha value is -2.14. The molecular formula is C18H24N4O. The predicted octanol–water partition coefficient (Wildman–Crippen LogP) is 2.47. The maximum Gasteiger partial charge on any atom is 0.248 e. The van der Waals surface area contributed by atoms with Gasteiger partial charge in [-0.15, -0.1) is 0 Å². The van der Waals surface area contributed by atoms with Crippen LogP contribution < -0.4 is 5.73 Å². The summed E-state index contributed by atoms with van der Waals surface area (Å²) in [7, 11) is 2.01. The summed E-state index contributed by atoms with van der Waals surface area (Å²) in [6.45, 7) is 6.22. The number of amides is 1. The van der Waals surface area contributed by atoms with Gasteiger partial charge in [-0.3, -0.25) is 14.4 Å². The van der Waals surface area contributed by atoms with E-state index in [0.717, 1.165) is 18.8 Å². The van der Waals surface area contributed by atoms with E-state index in [-0.39, 0.29) is 5.91 Å². The standard InChI is InChI=1S/C18H24N4O/c1-12-17(13(2)21(3)20-12)16-5-4-10-22(16)11-14-6-8-15(9-7-14)18(19)23/h6-9,16H,4-5,10-11H2,1-3H3,(H2,19,23)/t16-/m1/s1. The van der Waals surface area contributed by atoms with Gasteiger partial charge in [-0.1, -0.05) is 12.1 Å². The smallest absolute Gasteiger partial charge is 0.248 e. The number of aryl methyl sites for hydroxylation is 2. The highest BCUT2D eigenvalue weighted by atomic mass is 16.1. The van der Waals surface area contributed by atoms with Gasteiger partial charge in [0.15, 0.2) is 0 Å². The van der Waals surface area contributed by atoms with Crippen molar-refractivity contribution >= 4 is 5.91 Å². The molecule has 0 aliphatic carbocycles. The van der Waals surface area contributed by atoms with Crippen LogP contribution in [0.4, 0.5) is 0 Å². The van der Waals surface area contributed by atoms with Crippen molar-refractivity contribution in [1.29, 1.82) is 0 Å². The SMILES string of the molecule is Cc1nn(C)c(C)c1[C@H]1CCCN1Cc1ccc(C(N)=O)cc1. The number of likely N-dealkylation sites (tertiary alicyclic amines) is 1. The predicted molar refractivity (Wildman–Crippen MR) is 90.0 cm³/mol. The van der Waals surface area contributed by atoms with Crippen molar-refractivity contribution in [2.75, 3.05) is 6.54 Å². The molecule has 1 aromatic carbocycles. The van der Waals surface area contributed by atoms with Gasteiger partial charge < -0.3 is 5.73 Å². The fourth-order valence-corrected chi connectivity index (χ4v) is 3.62. The zero-order chi connectivity index (χ0) is 16.6. The van der Waals surface area contributed by atoms with Crippen molar-refractivity contribution in [3.63, 3.8) is 0 Å². The third-order valence-electron chi connectivity index (χ3n) is 4.89. The molecule has 23 heavy (non-hydrogen) atoms. The van der Waals surface area contributed by atoms with Crippen LogP contribution >= 0.6 is 0 Å². The maximum absolute atomic E-state index is 11.2. The molecule has 0 saturated carbocycles. The van der Waals surface area contributed by atoms with Crippen molar-refractivity contribution < 1.29 is 4.79 Å². The van der Waals surface area contributed by atoms with Crippen LogP contribution in [0.15, 0.2) is 24.3 Å². The zero-order valence-corrected chi connectivity index (χ0v) is 14.0. The normalized spacial score (nSPS) is 18.5. The van der Waals surface area contributed by atoms with E-state index in [2.05, 4.69) is 23.8 Å². The highest BCUT2D eigenvalue weighted by Gasteiger charge is 2.30. The average Bonchev–Trinajstić information content (AvgIpc) is 3.04. The third kappa shape index (κ3) is 3.01. The minimum atomic E-state index is -0.378. The fourth-order valence-electron chi connectivity index (χ4n) is 3.62. The van der Waals surface area contributed by atoms with Crippen LogP contribution in [0.1, 0.15) is 51.8 Å². The van der Waals surface area contributed by atoms with E-state index in [0.29, 0.717) is 11.6 Å². The molecule has 2 N–H and O–H groups in total. The van der Waals surface area contributed by atoms with Crippen LogP contribution in [-0.4, -0.2) is 27.1 Å². The van der Waals surface area contributed by atoms with Crippen molar-refractivity contribution in [2.45, 2.75) is 39.3 Å². The van der Waals surface area contributed by atoms with Crippen LogP contribution in [-0.2, 0) is 13.6 Å². The minimum Gasteiger partial charge on any atom is -0.366 e. The summed E-state index contributed by atoms with van der Waals surface area (Å²) in [6.07, 6.45) is 2.38. The summed E-state index contributed by atoms with van der Waals surface area (Å²) >= 11 is 0. The lowest BCUT2D eigenvalue weighted by Gasteiger charge is -2.25. The first-order chi connectivity index (χ1) is 11.0. The Morgan fingerprint density at radius 3 is 2.57 bits per heavy atom. The molecule has 0 unspecified atom stereocenters. The molecular weight excluding hydrogens is 288 g/mol. The molecule has 1 amide bonds. The summed E-state index contributed by atoms with van der Waals surface area (Å²) in [5.41, 5.74) is 10.8. The monoisotopic (exact) mass is 312 g/mol. The first kappa shape index (κ1) is 15.7. The molecule has 122 valence electrons. The second kappa shape index (κ2) is 6.16. The van der Waals surface area contributed by atoms with Crippen LogP contribution in [0, 0.1) is 13.8 Å². The number of hydrogen-bond donors (Lipinski definition) is 1. The van der Waals surface area contributed by atoms with Gasteiger partial charge in [0.25, 0.3) is 0 Å². The van der Waals surface area contributed by atoms with Crippen molar-refractivity contribution in [3.8, 4) is 0 Å². The molecule has 1 atom stereocenters. The van der Waals surface area contributed by atoms with E-state index >= 15 is 0 Å². The van der Waals surface area contributed by atoms with Gasteiger partial charge >= 0.3 is 0 Å². The summed E-state index contributed by atoms with van der Waals surface area (Å²) in [5.74, 6) is -0.378. The molecule has 0 spiro atoms. The Labute approximate surface area is 137 Å².